The fraction of sp³-hybridized carbons (Fsp3) is 0.0952. The van der Waals surface area contributed by atoms with Crippen molar-refractivity contribution in [3.8, 4) is 23.3 Å². The molecule has 10 heteroatoms. The molecule has 2 aromatic heterocycles. The van der Waals surface area contributed by atoms with Crippen LogP contribution in [0.5, 0.6) is 0 Å². The zero-order valence-electron chi connectivity index (χ0n) is 15.9. The van der Waals surface area contributed by atoms with Crippen LogP contribution in [0.3, 0.4) is 0 Å². The van der Waals surface area contributed by atoms with Crippen molar-refractivity contribution < 1.29 is 13.6 Å². The summed E-state index contributed by atoms with van der Waals surface area (Å²) in [6.45, 7) is 0. The Labute approximate surface area is 180 Å². The number of aromatic nitrogens is 2. The Kier molecular flexibility index (Phi) is 6.43. The van der Waals surface area contributed by atoms with E-state index in [4.69, 9.17) is 11.5 Å². The minimum atomic E-state index is -1.11. The van der Waals surface area contributed by atoms with Crippen LogP contribution in [-0.4, -0.2) is 21.6 Å². The number of rotatable bonds is 6. The van der Waals surface area contributed by atoms with E-state index in [2.05, 4.69) is 9.97 Å². The van der Waals surface area contributed by atoms with Crippen LogP contribution in [0.4, 0.5) is 14.6 Å². The third-order valence-electron chi connectivity index (χ3n) is 4.33. The highest BCUT2D eigenvalue weighted by Crippen LogP contribution is 2.36. The molecular weight excluding hydrogens is 422 g/mol. The van der Waals surface area contributed by atoms with E-state index in [1.54, 1.807) is 12.1 Å². The zero-order valence-corrected chi connectivity index (χ0v) is 16.7. The van der Waals surface area contributed by atoms with Crippen LogP contribution in [0, 0.1) is 34.3 Å². The number of pyridine rings is 2. The first-order valence-electron chi connectivity index (χ1n) is 8.82. The second-order valence-electron chi connectivity index (χ2n) is 6.29. The number of halogens is 2. The Bertz CT molecular complexity index is 1270. The first-order valence-corrected chi connectivity index (χ1v) is 9.81. The fourth-order valence-corrected chi connectivity index (χ4v) is 3.86. The monoisotopic (exact) mass is 436 g/mol. The smallest absolute Gasteiger partial charge is 0.267 e. The van der Waals surface area contributed by atoms with E-state index in [0.717, 1.165) is 17.7 Å². The van der Waals surface area contributed by atoms with Crippen LogP contribution in [-0.2, 0) is 6.42 Å². The van der Waals surface area contributed by atoms with E-state index in [0.29, 0.717) is 12.2 Å². The molecule has 0 aliphatic rings. The van der Waals surface area contributed by atoms with Crippen molar-refractivity contribution >= 4 is 23.5 Å². The third kappa shape index (κ3) is 4.60. The normalized spacial score (nSPS) is 10.3. The third-order valence-corrected chi connectivity index (χ3v) is 5.31. The molecule has 0 bridgehead atoms. The van der Waals surface area contributed by atoms with Gasteiger partial charge in [0.2, 0.25) is 0 Å². The molecule has 0 unspecified atom stereocenters. The molecule has 3 aromatic rings. The summed E-state index contributed by atoms with van der Waals surface area (Å²) in [6.07, 6.45) is 1.97. The molecule has 7 nitrogen and oxygen atoms in total. The SMILES string of the molecule is N#Cc1c(N)nc(SCCc2ccnc(C(N)=O)c2)c(C#N)c1-c1ccc(F)c(F)c1. The minimum absolute atomic E-state index is 0.0364. The van der Waals surface area contributed by atoms with Gasteiger partial charge in [0.15, 0.2) is 11.6 Å². The number of benzene rings is 1. The quantitative estimate of drug-likeness (QED) is 0.565. The molecule has 0 radical (unpaired) electrons. The average molecular weight is 436 g/mol. The average Bonchev–Trinajstić information content (AvgIpc) is 2.75. The number of nitrogens with two attached hydrogens (primary N) is 2. The molecular formula is C21H14F2N6OS. The van der Waals surface area contributed by atoms with E-state index in [9.17, 15) is 24.1 Å². The minimum Gasteiger partial charge on any atom is -0.383 e. The van der Waals surface area contributed by atoms with Crippen molar-refractivity contribution in [2.45, 2.75) is 11.4 Å². The standard InChI is InChI=1S/C21H14F2N6OS/c22-15-2-1-12(8-16(15)23)18-13(9-24)19(26)29-21(14(18)10-25)31-6-4-11-3-5-28-17(7-11)20(27)30/h1-3,5,7-8H,4,6H2,(H2,26,29)(H2,27,30). The van der Waals surface area contributed by atoms with Crippen molar-refractivity contribution in [2.75, 3.05) is 11.5 Å². The van der Waals surface area contributed by atoms with Gasteiger partial charge in [-0.2, -0.15) is 10.5 Å². The Morgan fingerprint density at radius 1 is 1.10 bits per heavy atom. The lowest BCUT2D eigenvalue weighted by Crippen LogP contribution is -2.13. The van der Waals surface area contributed by atoms with Crippen molar-refractivity contribution in [1.82, 2.24) is 9.97 Å². The van der Waals surface area contributed by atoms with Crippen LogP contribution >= 0.6 is 11.8 Å². The molecule has 0 aliphatic carbocycles. The van der Waals surface area contributed by atoms with Gasteiger partial charge in [0.25, 0.3) is 5.91 Å². The van der Waals surface area contributed by atoms with Crippen LogP contribution < -0.4 is 11.5 Å². The number of carbonyl (C=O) groups is 1. The van der Waals surface area contributed by atoms with E-state index < -0.39 is 17.5 Å². The van der Waals surface area contributed by atoms with Crippen LogP contribution in [0.15, 0.2) is 41.6 Å². The summed E-state index contributed by atoms with van der Waals surface area (Å²) in [5, 5.41) is 19.5. The van der Waals surface area contributed by atoms with Crippen LogP contribution in [0.25, 0.3) is 11.1 Å². The number of nitrogen functional groups attached to an aromatic ring is 1. The van der Waals surface area contributed by atoms with Gasteiger partial charge >= 0.3 is 0 Å². The highest BCUT2D eigenvalue weighted by molar-refractivity contribution is 7.99. The lowest BCUT2D eigenvalue weighted by atomic mass is 9.97. The number of nitrogens with zero attached hydrogens (tertiary/aromatic N) is 4. The molecule has 2 heterocycles. The number of hydrogen-bond donors (Lipinski definition) is 2. The Hall–Kier alpha value is -4.02. The molecule has 0 saturated heterocycles. The maximum atomic E-state index is 13.8. The molecule has 4 N–H and O–H groups in total. The summed E-state index contributed by atoms with van der Waals surface area (Å²) in [7, 11) is 0. The number of nitriles is 2. The topological polar surface area (TPSA) is 142 Å². The molecule has 1 amide bonds. The van der Waals surface area contributed by atoms with Gasteiger partial charge in [-0.1, -0.05) is 6.07 Å². The second kappa shape index (κ2) is 9.20. The summed E-state index contributed by atoms with van der Waals surface area (Å²) in [5.41, 5.74) is 12.3. The van der Waals surface area contributed by atoms with Gasteiger partial charge in [-0.25, -0.2) is 13.8 Å². The van der Waals surface area contributed by atoms with Gasteiger partial charge in [-0.15, -0.1) is 11.8 Å². The lowest BCUT2D eigenvalue weighted by molar-refractivity contribution is 0.0995. The van der Waals surface area contributed by atoms with E-state index >= 15 is 0 Å². The van der Waals surface area contributed by atoms with Crippen LogP contribution in [0.1, 0.15) is 27.2 Å². The van der Waals surface area contributed by atoms with Gasteiger partial charge in [-0.05, 0) is 41.8 Å². The maximum absolute atomic E-state index is 13.8. The Morgan fingerprint density at radius 2 is 1.84 bits per heavy atom. The van der Waals surface area contributed by atoms with Crippen molar-refractivity contribution in [3.63, 3.8) is 0 Å². The molecule has 0 saturated carbocycles. The molecule has 0 aliphatic heterocycles. The van der Waals surface area contributed by atoms with Crippen molar-refractivity contribution in [2.24, 2.45) is 5.73 Å². The molecule has 0 fully saturated rings. The van der Waals surface area contributed by atoms with Gasteiger partial charge in [-0.3, -0.25) is 9.78 Å². The predicted molar refractivity (Wildman–Crippen MR) is 111 cm³/mol. The summed E-state index contributed by atoms with van der Waals surface area (Å²) < 4.78 is 27.2. The number of primary amides is 1. The molecule has 0 spiro atoms. The second-order valence-corrected chi connectivity index (χ2v) is 7.38. The summed E-state index contributed by atoms with van der Waals surface area (Å²) >= 11 is 1.20. The zero-order chi connectivity index (χ0) is 22.5. The van der Waals surface area contributed by atoms with Gasteiger partial charge in [0, 0.05) is 17.5 Å². The maximum Gasteiger partial charge on any atom is 0.267 e. The largest absolute Gasteiger partial charge is 0.383 e. The first-order chi connectivity index (χ1) is 14.8. The number of anilines is 1. The first kappa shape index (κ1) is 21.7. The lowest BCUT2D eigenvalue weighted by Gasteiger charge is -2.13. The number of amides is 1. The highest BCUT2D eigenvalue weighted by atomic mass is 32.2. The van der Waals surface area contributed by atoms with E-state index in [1.165, 1.54) is 24.0 Å². The van der Waals surface area contributed by atoms with E-state index in [1.807, 2.05) is 12.1 Å². The van der Waals surface area contributed by atoms with E-state index in [-0.39, 0.29) is 38.8 Å². The molecule has 31 heavy (non-hydrogen) atoms. The summed E-state index contributed by atoms with van der Waals surface area (Å²) in [6, 6.07) is 10.3. The number of hydrogen-bond acceptors (Lipinski definition) is 7. The number of carbonyl (C=O) groups excluding carboxylic acids is 1. The van der Waals surface area contributed by atoms with Crippen LogP contribution in [0.2, 0.25) is 0 Å². The Morgan fingerprint density at radius 3 is 2.48 bits per heavy atom. The highest BCUT2D eigenvalue weighted by Gasteiger charge is 2.21. The Balaban J connectivity index is 1.96. The van der Waals surface area contributed by atoms with Gasteiger partial charge < -0.3 is 11.5 Å². The molecule has 154 valence electrons. The summed E-state index contributed by atoms with van der Waals surface area (Å²) in [5.74, 6) is -2.47. The van der Waals surface area contributed by atoms with Gasteiger partial charge in [0.05, 0.1) is 5.56 Å². The van der Waals surface area contributed by atoms with Crippen molar-refractivity contribution in [3.05, 3.63) is 70.5 Å². The number of thioether (sulfide) groups is 1. The number of aryl methyl sites for hydroxylation is 1. The predicted octanol–water partition coefficient (Wildman–Crippen LogP) is 3.18. The van der Waals surface area contributed by atoms with Crippen molar-refractivity contribution in [1.29, 1.82) is 10.5 Å². The molecule has 0 atom stereocenters. The molecule has 3 rings (SSSR count). The fourth-order valence-electron chi connectivity index (χ4n) is 2.87. The van der Waals surface area contributed by atoms with Gasteiger partial charge in [0.1, 0.15) is 34.2 Å². The molecule has 1 aromatic carbocycles. The summed E-state index contributed by atoms with van der Waals surface area (Å²) in [4.78, 5) is 19.3.